The molecule has 0 aliphatic carbocycles. The monoisotopic (exact) mass is 965 g/mol. The van der Waals surface area contributed by atoms with Gasteiger partial charge in [-0.15, -0.1) is 11.3 Å². The molecular formula is C44H67N7O5S6. The topological polar surface area (TPSA) is 131 Å². The summed E-state index contributed by atoms with van der Waals surface area (Å²) in [6, 6.07) is 9.31. The van der Waals surface area contributed by atoms with Crippen LogP contribution in [0.25, 0.3) is 33.4 Å². The van der Waals surface area contributed by atoms with Gasteiger partial charge in [-0.2, -0.15) is 67.5 Å². The number of nitrogens with zero attached hydrogens (tertiary/aromatic N) is 5. The number of esters is 1. The minimum Gasteiger partial charge on any atom is -0.464 e. The first kappa shape index (κ1) is 53.9. The molecule has 12 nitrogen and oxygen atoms in total. The smallest absolute Gasteiger partial charge is 0.324 e. The number of fused-ring (bicyclic) bond motifs is 7. The largest absolute Gasteiger partial charge is 0.464 e. The zero-order valence-corrected chi connectivity index (χ0v) is 42.3. The molecule has 0 saturated carbocycles. The lowest BCUT2D eigenvalue weighted by atomic mass is 9.83. The van der Waals surface area contributed by atoms with E-state index in [1.807, 2.05) is 19.2 Å². The third-order valence-electron chi connectivity index (χ3n) is 12.6. The maximum absolute atomic E-state index is 14.4. The summed E-state index contributed by atoms with van der Waals surface area (Å²) >= 11 is 1.51. The Morgan fingerprint density at radius 1 is 1.03 bits per heavy atom. The van der Waals surface area contributed by atoms with Crippen molar-refractivity contribution in [2.45, 2.75) is 116 Å². The number of hydrogen-bond donors (Lipinski definition) is 2. The number of nitrogens with one attached hydrogen (secondary N) is 2. The first-order valence-electron chi connectivity index (χ1n) is 20.9. The number of methoxy groups -OCH3 is 1. The molecule has 18 heteroatoms. The highest BCUT2D eigenvalue weighted by Gasteiger charge is 2.40. The standard InChI is InChI=1S/C44H57N7O5S.5H2S/c1-6-50-37-17-16-28-22-31(37)32(40(50)30-12-9-18-45-39(30)27(2)55-5)24-44(3,4)26-56-43(54)33-14-11-21-51(48-33)42(53)34(23-38-46-35(28)25-57-38)47-41(52)29-13-10-20-49-19-8-7-15-36(29)49;;;;;/h9,12,16-18,22,25,27,29,33-34,36,48H,6-8,10-11,13-15,19-21,23-24,26H2,1-5H3,(H,47,52);5*1H2/t27-,29-,33-,34-,36-;;;;;/m0...../s1. The third kappa shape index (κ3) is 11.1. The highest BCUT2D eigenvalue weighted by atomic mass is 32.1. The van der Waals surface area contributed by atoms with Crippen LogP contribution in [0.2, 0.25) is 0 Å². The SMILES string of the molecule is CCn1c(-c2cccnc2[C@H](C)OC)c2c3cc(ccc31)-c1csc(n1)C[C@H](NC(=O)[C@H]1CCCN3CCCC[C@@H]13)C(=O)N1CCC[C@H](N1)C(=O)OCC(C)(C)C2.S.S.S.S.S. The number of pyridine rings is 1. The molecule has 4 aliphatic heterocycles. The quantitative estimate of drug-likeness (QED) is 0.196. The normalized spacial score (nSPS) is 23.0. The number of thiazole rings is 1. The fourth-order valence-corrected chi connectivity index (χ4v) is 10.5. The van der Waals surface area contributed by atoms with Gasteiger partial charge in [-0.3, -0.25) is 29.3 Å². The molecule has 1 aromatic carbocycles. The van der Waals surface area contributed by atoms with Crippen molar-refractivity contribution in [2.75, 3.05) is 33.4 Å². The van der Waals surface area contributed by atoms with Crippen molar-refractivity contribution in [3.8, 4) is 22.5 Å². The van der Waals surface area contributed by atoms with Crippen molar-refractivity contribution in [3.05, 3.63) is 58.2 Å². The number of hydrazine groups is 1. The maximum atomic E-state index is 14.4. The van der Waals surface area contributed by atoms with Gasteiger partial charge in [-0.05, 0) is 102 Å². The number of amides is 2. The Balaban J connectivity index is 0.00000205. The van der Waals surface area contributed by atoms with E-state index in [1.165, 1.54) is 22.8 Å². The van der Waals surface area contributed by atoms with Crippen molar-refractivity contribution >= 4 is 108 Å². The molecule has 3 saturated heterocycles. The zero-order valence-electron chi connectivity index (χ0n) is 36.5. The number of piperidine rings is 2. The average Bonchev–Trinajstić information content (AvgIpc) is 3.83. The summed E-state index contributed by atoms with van der Waals surface area (Å²) in [5.74, 6) is -0.861. The van der Waals surface area contributed by atoms with Gasteiger partial charge < -0.3 is 19.4 Å². The Morgan fingerprint density at radius 2 is 1.79 bits per heavy atom. The van der Waals surface area contributed by atoms with Gasteiger partial charge in [0.15, 0.2) is 0 Å². The summed E-state index contributed by atoms with van der Waals surface area (Å²) in [6.07, 6.45) is 8.75. The summed E-state index contributed by atoms with van der Waals surface area (Å²) < 4.78 is 14.3. The number of benzene rings is 1. The Morgan fingerprint density at radius 3 is 2.55 bits per heavy atom. The fourth-order valence-electron chi connectivity index (χ4n) is 9.61. The zero-order chi connectivity index (χ0) is 39.8. The Kier molecular flexibility index (Phi) is 20.1. The molecule has 2 amide bonds. The molecule has 2 N–H and O–H groups in total. The Hall–Kier alpha value is -2.42. The van der Waals surface area contributed by atoms with E-state index in [-0.39, 0.29) is 116 Å². The number of cyclic esters (lactones) is 1. The van der Waals surface area contributed by atoms with E-state index in [1.54, 1.807) is 7.11 Å². The van der Waals surface area contributed by atoms with Gasteiger partial charge in [-0.1, -0.05) is 26.3 Å². The van der Waals surface area contributed by atoms with Crippen LogP contribution in [0, 0.1) is 11.3 Å². The van der Waals surface area contributed by atoms with Gasteiger partial charge in [0.1, 0.15) is 12.1 Å². The lowest BCUT2D eigenvalue weighted by Gasteiger charge is -2.44. The molecule has 0 spiro atoms. The number of carbonyl (C=O) groups is 3. The van der Waals surface area contributed by atoms with Crippen molar-refractivity contribution < 1.29 is 23.9 Å². The van der Waals surface area contributed by atoms with E-state index in [0.717, 1.165) is 95.0 Å². The molecule has 3 fully saturated rings. The van der Waals surface area contributed by atoms with E-state index < -0.39 is 17.5 Å². The van der Waals surface area contributed by atoms with Crippen LogP contribution in [-0.2, 0) is 43.2 Å². The van der Waals surface area contributed by atoms with E-state index in [2.05, 4.69) is 70.6 Å². The molecule has 4 aromatic rings. The molecule has 4 aliphatic rings. The molecule has 5 atom stereocenters. The number of hydrogen-bond acceptors (Lipinski definition) is 10. The summed E-state index contributed by atoms with van der Waals surface area (Å²) in [5.41, 5.74) is 9.78. The summed E-state index contributed by atoms with van der Waals surface area (Å²) in [6.45, 7) is 11.9. The number of aryl methyl sites for hydroxylation is 1. The van der Waals surface area contributed by atoms with Gasteiger partial charge in [0.05, 0.1) is 40.7 Å². The van der Waals surface area contributed by atoms with Crippen LogP contribution in [0.15, 0.2) is 41.9 Å². The van der Waals surface area contributed by atoms with Crippen LogP contribution in [0.1, 0.15) is 95.0 Å². The van der Waals surface area contributed by atoms with Crippen LogP contribution in [0.3, 0.4) is 0 Å². The molecule has 0 unspecified atom stereocenters. The van der Waals surface area contributed by atoms with Crippen molar-refractivity contribution in [1.29, 1.82) is 0 Å². The molecule has 7 heterocycles. The van der Waals surface area contributed by atoms with Crippen molar-refractivity contribution in [3.63, 3.8) is 0 Å². The van der Waals surface area contributed by atoms with Crippen molar-refractivity contribution in [2.24, 2.45) is 11.3 Å². The van der Waals surface area contributed by atoms with Gasteiger partial charge in [0, 0.05) is 71.7 Å². The van der Waals surface area contributed by atoms with Gasteiger partial charge in [0.25, 0.3) is 5.91 Å². The summed E-state index contributed by atoms with van der Waals surface area (Å²) in [7, 11) is 1.71. The minimum absolute atomic E-state index is 0. The minimum atomic E-state index is -0.839. The van der Waals surface area contributed by atoms with Crippen LogP contribution in [0.5, 0.6) is 0 Å². The van der Waals surface area contributed by atoms with Gasteiger partial charge in [0.2, 0.25) is 5.91 Å². The van der Waals surface area contributed by atoms with E-state index in [9.17, 15) is 14.4 Å². The van der Waals surface area contributed by atoms with Crippen LogP contribution in [0.4, 0.5) is 0 Å². The lowest BCUT2D eigenvalue weighted by molar-refractivity contribution is -0.155. The molecule has 344 valence electrons. The molecule has 62 heavy (non-hydrogen) atoms. The number of carbonyl (C=O) groups excluding carboxylic acids is 3. The van der Waals surface area contributed by atoms with E-state index >= 15 is 0 Å². The highest BCUT2D eigenvalue weighted by Crippen LogP contribution is 2.42. The molecule has 6 bridgehead atoms. The predicted octanol–water partition coefficient (Wildman–Crippen LogP) is 7.03. The highest BCUT2D eigenvalue weighted by molar-refractivity contribution is 7.60. The second-order valence-corrected chi connectivity index (χ2v) is 18.1. The molecule has 8 rings (SSSR count). The maximum Gasteiger partial charge on any atom is 0.324 e. The number of ether oxygens (including phenoxy) is 2. The van der Waals surface area contributed by atoms with Gasteiger partial charge in [-0.25, -0.2) is 10.4 Å². The third-order valence-corrected chi connectivity index (χ3v) is 13.5. The van der Waals surface area contributed by atoms with Gasteiger partial charge >= 0.3 is 5.97 Å². The fraction of sp³-hybridized carbons (Fsp3) is 0.568. The van der Waals surface area contributed by atoms with Crippen LogP contribution >= 0.6 is 78.8 Å². The number of aromatic nitrogens is 3. The van der Waals surface area contributed by atoms with E-state index in [4.69, 9.17) is 19.4 Å². The lowest BCUT2D eigenvalue weighted by Crippen LogP contribution is -2.61. The molecular weight excluding hydrogens is 899 g/mol. The Labute approximate surface area is 405 Å². The van der Waals surface area contributed by atoms with E-state index in [0.29, 0.717) is 25.8 Å². The first-order valence-corrected chi connectivity index (χ1v) is 21.8. The first-order chi connectivity index (χ1) is 27.5. The second-order valence-electron chi connectivity index (χ2n) is 17.1. The van der Waals surface area contributed by atoms with Crippen molar-refractivity contribution in [1.82, 2.24) is 35.2 Å². The Bertz CT molecular complexity index is 2150. The average molecular weight is 966 g/mol. The predicted molar refractivity (Wildman–Crippen MR) is 273 cm³/mol. The van der Waals surface area contributed by atoms with Crippen LogP contribution < -0.4 is 10.7 Å². The molecule has 0 radical (unpaired) electrons. The molecule has 3 aromatic heterocycles. The van der Waals surface area contributed by atoms with Crippen LogP contribution in [-0.4, -0.2) is 93.7 Å². The second kappa shape index (κ2) is 23.2. The summed E-state index contributed by atoms with van der Waals surface area (Å²) in [5, 5.41) is 8.68. The number of rotatable bonds is 6. The summed E-state index contributed by atoms with van der Waals surface area (Å²) in [4.78, 5) is 54.8.